The van der Waals surface area contributed by atoms with E-state index in [0.717, 1.165) is 10.9 Å². The van der Waals surface area contributed by atoms with Crippen molar-refractivity contribution >= 4 is 20.7 Å². The average molecular weight is 236 g/mol. The summed E-state index contributed by atoms with van der Waals surface area (Å²) in [4.78, 5) is 3.42. The summed E-state index contributed by atoms with van der Waals surface area (Å²) in [6.07, 6.45) is 1.60. The molecule has 1 aromatic carbocycles. The van der Waals surface area contributed by atoms with Crippen LogP contribution in [-0.4, -0.2) is 31.7 Å². The van der Waals surface area contributed by atoms with Crippen molar-refractivity contribution < 1.29 is 8.42 Å². The first-order valence-electron chi connectivity index (χ1n) is 5.20. The maximum atomic E-state index is 12.2. The van der Waals surface area contributed by atoms with E-state index in [1.54, 1.807) is 6.20 Å². The number of aromatic nitrogens is 1. The Balaban J connectivity index is 2.19. The van der Waals surface area contributed by atoms with Gasteiger partial charge < -0.3 is 10.3 Å². The number of hydrogen-bond donors (Lipinski definition) is 2. The van der Waals surface area contributed by atoms with Gasteiger partial charge in [-0.15, -0.1) is 0 Å². The lowest BCUT2D eigenvalue weighted by molar-refractivity contribution is 0.496. The van der Waals surface area contributed by atoms with Crippen molar-refractivity contribution in [1.29, 1.82) is 0 Å². The summed E-state index contributed by atoms with van der Waals surface area (Å²) in [6.45, 7) is 1.11. The predicted molar refractivity (Wildman–Crippen MR) is 62.1 cm³/mol. The van der Waals surface area contributed by atoms with Crippen LogP contribution in [0.25, 0.3) is 10.9 Å². The number of fused-ring (bicyclic) bond motifs is 1. The van der Waals surface area contributed by atoms with E-state index in [4.69, 9.17) is 0 Å². The number of aromatic amines is 1. The predicted octanol–water partition coefficient (Wildman–Crippen LogP) is 0.913. The van der Waals surface area contributed by atoms with Gasteiger partial charge in [0, 0.05) is 30.2 Å². The molecule has 16 heavy (non-hydrogen) atoms. The van der Waals surface area contributed by atoms with E-state index in [-0.39, 0.29) is 5.25 Å². The lowest BCUT2D eigenvalue weighted by Gasteiger charge is -2.26. The van der Waals surface area contributed by atoms with Crippen molar-refractivity contribution in [3.8, 4) is 0 Å². The van der Waals surface area contributed by atoms with Crippen LogP contribution < -0.4 is 5.32 Å². The molecule has 84 valence electrons. The van der Waals surface area contributed by atoms with Gasteiger partial charge in [0.05, 0.1) is 10.1 Å². The minimum absolute atomic E-state index is 0.272. The van der Waals surface area contributed by atoms with Gasteiger partial charge in [0.1, 0.15) is 0 Å². The first-order valence-corrected chi connectivity index (χ1v) is 6.75. The molecule has 0 aliphatic carbocycles. The van der Waals surface area contributed by atoms with Crippen LogP contribution in [0.15, 0.2) is 35.4 Å². The highest BCUT2D eigenvalue weighted by molar-refractivity contribution is 7.92. The summed E-state index contributed by atoms with van der Waals surface area (Å²) in [5, 5.41) is 3.50. The van der Waals surface area contributed by atoms with E-state index in [1.807, 2.05) is 24.3 Å². The van der Waals surface area contributed by atoms with Crippen molar-refractivity contribution in [2.45, 2.75) is 10.1 Å². The van der Waals surface area contributed by atoms with Crippen LogP contribution in [0.1, 0.15) is 0 Å². The molecule has 2 heterocycles. The number of sulfone groups is 1. The third-order valence-electron chi connectivity index (χ3n) is 3.04. The lowest BCUT2D eigenvalue weighted by atomic mass is 10.2. The molecule has 1 aliphatic heterocycles. The van der Waals surface area contributed by atoms with E-state index in [1.165, 1.54) is 0 Å². The number of rotatable bonds is 2. The third-order valence-corrected chi connectivity index (χ3v) is 5.20. The molecule has 0 atom stereocenters. The normalized spacial score (nSPS) is 17.5. The third kappa shape index (κ3) is 1.28. The number of nitrogens with one attached hydrogen (secondary N) is 2. The van der Waals surface area contributed by atoms with E-state index in [9.17, 15) is 8.42 Å². The maximum absolute atomic E-state index is 12.2. The second-order valence-electron chi connectivity index (χ2n) is 4.02. The molecule has 0 radical (unpaired) electrons. The van der Waals surface area contributed by atoms with Crippen LogP contribution in [0.2, 0.25) is 0 Å². The number of para-hydroxylation sites is 1. The van der Waals surface area contributed by atoms with Gasteiger partial charge >= 0.3 is 0 Å². The van der Waals surface area contributed by atoms with Gasteiger partial charge in [0.2, 0.25) is 0 Å². The van der Waals surface area contributed by atoms with E-state index < -0.39 is 9.84 Å². The second-order valence-corrected chi connectivity index (χ2v) is 6.22. The number of H-pyrrole nitrogens is 1. The van der Waals surface area contributed by atoms with Crippen LogP contribution in [0.3, 0.4) is 0 Å². The van der Waals surface area contributed by atoms with Gasteiger partial charge in [0.15, 0.2) is 9.84 Å². The number of benzene rings is 1. The smallest absolute Gasteiger partial charge is 0.185 e. The minimum Gasteiger partial charge on any atom is -0.360 e. The van der Waals surface area contributed by atoms with Crippen molar-refractivity contribution in [3.63, 3.8) is 0 Å². The highest BCUT2D eigenvalue weighted by atomic mass is 32.2. The molecule has 2 N–H and O–H groups in total. The molecule has 1 aromatic heterocycles. The fraction of sp³-hybridized carbons (Fsp3) is 0.273. The molecule has 0 amide bonds. The fourth-order valence-corrected chi connectivity index (χ4v) is 3.68. The summed E-state index contributed by atoms with van der Waals surface area (Å²) in [5.41, 5.74) is 0.869. The van der Waals surface area contributed by atoms with Crippen molar-refractivity contribution in [2.75, 3.05) is 13.1 Å². The topological polar surface area (TPSA) is 62.0 Å². The summed E-state index contributed by atoms with van der Waals surface area (Å²) in [7, 11) is -3.18. The molecule has 2 aromatic rings. The molecular formula is C11H12N2O2S. The molecule has 0 unspecified atom stereocenters. The van der Waals surface area contributed by atoms with Gasteiger partial charge in [-0.05, 0) is 6.07 Å². The van der Waals surface area contributed by atoms with Crippen molar-refractivity contribution in [2.24, 2.45) is 0 Å². The van der Waals surface area contributed by atoms with Gasteiger partial charge in [-0.2, -0.15) is 0 Å². The molecule has 0 saturated carbocycles. The molecule has 0 spiro atoms. The van der Waals surface area contributed by atoms with E-state index in [0.29, 0.717) is 18.0 Å². The molecule has 4 nitrogen and oxygen atoms in total. The molecule has 1 aliphatic rings. The Labute approximate surface area is 93.6 Å². The Morgan fingerprint density at radius 2 is 1.94 bits per heavy atom. The lowest BCUT2D eigenvalue weighted by Crippen LogP contribution is -2.51. The Hall–Kier alpha value is -1.33. The van der Waals surface area contributed by atoms with E-state index >= 15 is 0 Å². The Bertz CT molecular complexity index is 626. The monoisotopic (exact) mass is 236 g/mol. The molecule has 5 heteroatoms. The number of hydrogen-bond acceptors (Lipinski definition) is 3. The average Bonchev–Trinajstić information content (AvgIpc) is 2.57. The largest absolute Gasteiger partial charge is 0.360 e. The van der Waals surface area contributed by atoms with Crippen LogP contribution in [0.4, 0.5) is 0 Å². The Kier molecular flexibility index (Phi) is 2.05. The summed E-state index contributed by atoms with van der Waals surface area (Å²) in [5.74, 6) is 0. The zero-order valence-corrected chi connectivity index (χ0v) is 9.42. The molecule has 1 fully saturated rings. The molecular weight excluding hydrogens is 224 g/mol. The Morgan fingerprint density at radius 1 is 1.19 bits per heavy atom. The second kappa shape index (κ2) is 3.33. The van der Waals surface area contributed by atoms with Gasteiger partial charge in [-0.3, -0.25) is 0 Å². The maximum Gasteiger partial charge on any atom is 0.185 e. The molecule has 1 saturated heterocycles. The summed E-state index contributed by atoms with van der Waals surface area (Å²) in [6, 6.07) is 7.46. The quantitative estimate of drug-likeness (QED) is 0.815. The molecule has 3 rings (SSSR count). The Morgan fingerprint density at radius 3 is 2.62 bits per heavy atom. The van der Waals surface area contributed by atoms with Gasteiger partial charge in [-0.25, -0.2) is 8.42 Å². The van der Waals surface area contributed by atoms with Crippen molar-refractivity contribution in [1.82, 2.24) is 10.3 Å². The zero-order chi connectivity index (χ0) is 11.2. The first-order chi connectivity index (χ1) is 7.69. The van der Waals surface area contributed by atoms with Crippen LogP contribution in [0.5, 0.6) is 0 Å². The van der Waals surface area contributed by atoms with Gasteiger partial charge in [0.25, 0.3) is 0 Å². The SMILES string of the molecule is O=S(=O)(c1c[nH]c2ccccc12)C1CNC1. The summed E-state index contributed by atoms with van der Waals surface area (Å²) >= 11 is 0. The van der Waals surface area contributed by atoms with E-state index in [2.05, 4.69) is 10.3 Å². The van der Waals surface area contributed by atoms with Gasteiger partial charge in [-0.1, -0.05) is 18.2 Å². The van der Waals surface area contributed by atoms with Crippen molar-refractivity contribution in [3.05, 3.63) is 30.5 Å². The van der Waals surface area contributed by atoms with Crippen LogP contribution in [0, 0.1) is 0 Å². The fourth-order valence-electron chi connectivity index (χ4n) is 1.94. The first kappa shape index (κ1) is 9.86. The van der Waals surface area contributed by atoms with Crippen LogP contribution in [-0.2, 0) is 9.84 Å². The standard InChI is InChI=1S/C11H12N2O2S/c14-16(15,8-5-12-6-8)11-7-13-10-4-2-1-3-9(10)11/h1-4,7-8,12-13H,5-6H2. The highest BCUT2D eigenvalue weighted by Gasteiger charge is 2.33. The van der Waals surface area contributed by atoms with Crippen LogP contribution >= 0.6 is 0 Å². The zero-order valence-electron chi connectivity index (χ0n) is 8.60. The minimum atomic E-state index is -3.18. The highest BCUT2D eigenvalue weighted by Crippen LogP contribution is 2.26. The molecule has 0 bridgehead atoms. The summed E-state index contributed by atoms with van der Waals surface area (Å²) < 4.78 is 24.5.